The van der Waals surface area contributed by atoms with E-state index in [9.17, 15) is 28.4 Å². The van der Waals surface area contributed by atoms with Crippen LogP contribution in [-0.2, 0) is 35.0 Å². The van der Waals surface area contributed by atoms with Gasteiger partial charge in [0.25, 0.3) is 11.5 Å². The Morgan fingerprint density at radius 2 is 1.56 bits per heavy atom. The van der Waals surface area contributed by atoms with E-state index >= 15 is 0 Å². The van der Waals surface area contributed by atoms with Crippen molar-refractivity contribution in [2.45, 2.75) is 44.9 Å². The van der Waals surface area contributed by atoms with E-state index in [1.165, 1.54) is 41.2 Å². The Labute approximate surface area is 314 Å². The summed E-state index contributed by atoms with van der Waals surface area (Å²) in [5.74, 6) is -0.774. The molecule has 1 aliphatic carbocycles. The van der Waals surface area contributed by atoms with Crippen molar-refractivity contribution >= 4 is 34.9 Å². The van der Waals surface area contributed by atoms with Crippen molar-refractivity contribution in [1.29, 1.82) is 0 Å². The lowest BCUT2D eigenvalue weighted by atomic mass is 9.87. The van der Waals surface area contributed by atoms with Crippen molar-refractivity contribution in [2.75, 3.05) is 85.5 Å². The van der Waals surface area contributed by atoms with Crippen molar-refractivity contribution in [3.63, 3.8) is 0 Å². The molecule has 2 heterocycles. The van der Waals surface area contributed by atoms with Crippen molar-refractivity contribution in [2.24, 2.45) is 5.92 Å². The molecular weight excluding hydrogens is 699 g/mol. The molecule has 5 rings (SSSR count). The minimum atomic E-state index is -0.649. The first-order valence-corrected chi connectivity index (χ1v) is 18.8. The zero-order valence-corrected chi connectivity index (χ0v) is 30.8. The van der Waals surface area contributed by atoms with Crippen LogP contribution in [0.15, 0.2) is 47.3 Å². The van der Waals surface area contributed by atoms with Gasteiger partial charge in [-0.15, -0.1) is 0 Å². The van der Waals surface area contributed by atoms with Gasteiger partial charge in [-0.25, -0.2) is 9.49 Å². The topological polar surface area (TPSA) is 163 Å². The molecule has 1 aromatic heterocycles. The minimum Gasteiger partial charge on any atom is -0.377 e. The zero-order valence-electron chi connectivity index (χ0n) is 30.8. The molecule has 292 valence electrons. The second-order valence-electron chi connectivity index (χ2n) is 13.7. The van der Waals surface area contributed by atoms with Gasteiger partial charge >= 0.3 is 0 Å². The Morgan fingerprint density at radius 3 is 2.28 bits per heavy atom. The molecule has 15 heteroatoms. The Morgan fingerprint density at radius 1 is 0.889 bits per heavy atom. The smallest absolute Gasteiger partial charge is 0.272 e. The molecule has 2 fully saturated rings. The van der Waals surface area contributed by atoms with Gasteiger partial charge in [0.05, 0.1) is 62.8 Å². The van der Waals surface area contributed by atoms with Gasteiger partial charge in [0, 0.05) is 57.5 Å². The maximum atomic E-state index is 14.9. The average molecular weight is 751 g/mol. The fourth-order valence-corrected chi connectivity index (χ4v) is 6.83. The molecule has 0 radical (unpaired) electrons. The fourth-order valence-electron chi connectivity index (χ4n) is 6.83. The number of halogens is 1. The van der Waals surface area contributed by atoms with Crippen LogP contribution in [0.1, 0.15) is 60.1 Å². The van der Waals surface area contributed by atoms with E-state index in [1.54, 1.807) is 29.2 Å². The number of nitrogens with zero attached hydrogens (tertiary/aromatic N) is 4. The fraction of sp³-hybridized carbons (Fsp3) is 0.538. The van der Waals surface area contributed by atoms with Gasteiger partial charge < -0.3 is 34.2 Å². The summed E-state index contributed by atoms with van der Waals surface area (Å²) in [4.78, 5) is 66.6. The van der Waals surface area contributed by atoms with Gasteiger partial charge in [-0.2, -0.15) is 5.10 Å². The molecule has 0 unspecified atom stereocenters. The number of benzene rings is 2. The van der Waals surface area contributed by atoms with Gasteiger partial charge in [0.2, 0.25) is 18.2 Å². The Kier molecular flexibility index (Phi) is 15.9. The van der Waals surface area contributed by atoms with Crippen LogP contribution in [0, 0.1) is 11.7 Å². The zero-order chi connectivity index (χ0) is 38.1. The van der Waals surface area contributed by atoms with Crippen molar-refractivity contribution in [3.05, 3.63) is 75.5 Å². The lowest BCUT2D eigenvalue weighted by molar-refractivity contribution is -0.137. The maximum absolute atomic E-state index is 14.9. The summed E-state index contributed by atoms with van der Waals surface area (Å²) in [6, 6.07) is 11.4. The quantitative estimate of drug-likeness (QED) is 0.131. The molecule has 1 saturated carbocycles. The number of amides is 4. The SMILES string of the molecule is O=CN(CCOCCOCCOCCNC(=O)CC1CCCCC1)CC(=O)N1CCN(C(=O)c2cc(Cc3n[nH]c(=O)c4ccccc34)ccc2F)CC1. The summed E-state index contributed by atoms with van der Waals surface area (Å²) in [5.41, 5.74) is 0.885. The van der Waals surface area contributed by atoms with Crippen LogP contribution in [-0.4, -0.2) is 134 Å². The second kappa shape index (κ2) is 21.2. The summed E-state index contributed by atoms with van der Waals surface area (Å²) in [7, 11) is 0. The Bertz CT molecular complexity index is 1760. The summed E-state index contributed by atoms with van der Waals surface area (Å²) in [6.07, 6.45) is 7.51. The minimum absolute atomic E-state index is 0.0754. The number of aromatic amines is 1. The van der Waals surface area contributed by atoms with E-state index in [0.717, 1.165) is 12.8 Å². The number of carbonyl (C=O) groups excluding carboxylic acids is 4. The molecule has 2 N–H and O–H groups in total. The van der Waals surface area contributed by atoms with Crippen LogP contribution in [0.5, 0.6) is 0 Å². The van der Waals surface area contributed by atoms with Gasteiger partial charge in [0.1, 0.15) is 5.82 Å². The number of piperazine rings is 1. The highest BCUT2D eigenvalue weighted by Crippen LogP contribution is 2.26. The standard InChI is InChI=1S/C39H51FN6O8/c40-34-11-10-30(25-35-31-8-4-5-9-32(31)38(50)43-42-35)24-33(34)39(51)46-15-13-45(14-16-46)37(49)27-44(28-47)17-19-53-21-23-54-22-20-52-18-12-41-36(48)26-29-6-2-1-3-7-29/h4-5,8-11,24,28-29H,1-3,6-7,12-23,25-27H2,(H,41,48)(H,43,50). The number of hydrogen-bond donors (Lipinski definition) is 2. The van der Waals surface area contributed by atoms with E-state index in [0.29, 0.717) is 80.4 Å². The van der Waals surface area contributed by atoms with E-state index in [1.807, 2.05) is 6.07 Å². The third-order valence-corrected chi connectivity index (χ3v) is 9.85. The first-order chi connectivity index (χ1) is 26.3. The predicted molar refractivity (Wildman–Crippen MR) is 198 cm³/mol. The predicted octanol–water partition coefficient (Wildman–Crippen LogP) is 2.53. The molecule has 14 nitrogen and oxygen atoms in total. The lowest BCUT2D eigenvalue weighted by Crippen LogP contribution is -2.52. The molecule has 1 aliphatic heterocycles. The van der Waals surface area contributed by atoms with Gasteiger partial charge in [-0.3, -0.25) is 24.0 Å². The highest BCUT2D eigenvalue weighted by atomic mass is 19.1. The van der Waals surface area contributed by atoms with Gasteiger partial charge in [-0.05, 0) is 42.5 Å². The molecule has 1 saturated heterocycles. The number of H-pyrrole nitrogens is 1. The van der Waals surface area contributed by atoms with E-state index in [2.05, 4.69) is 15.5 Å². The van der Waals surface area contributed by atoms with Crippen LogP contribution < -0.4 is 10.9 Å². The largest absolute Gasteiger partial charge is 0.377 e. The third-order valence-electron chi connectivity index (χ3n) is 9.85. The van der Waals surface area contributed by atoms with E-state index in [-0.39, 0.29) is 75.2 Å². The number of nitrogens with one attached hydrogen (secondary N) is 2. The van der Waals surface area contributed by atoms with Crippen LogP contribution in [0.25, 0.3) is 10.8 Å². The van der Waals surface area contributed by atoms with E-state index < -0.39 is 11.7 Å². The van der Waals surface area contributed by atoms with Gasteiger partial charge in [0.15, 0.2) is 0 Å². The van der Waals surface area contributed by atoms with Crippen molar-refractivity contribution in [3.8, 4) is 0 Å². The average Bonchev–Trinajstić information content (AvgIpc) is 3.19. The molecule has 0 bridgehead atoms. The maximum Gasteiger partial charge on any atom is 0.272 e. The van der Waals surface area contributed by atoms with Crippen molar-refractivity contribution in [1.82, 2.24) is 30.2 Å². The van der Waals surface area contributed by atoms with Gasteiger partial charge in [-0.1, -0.05) is 43.5 Å². The first kappa shape index (κ1) is 40.5. The lowest BCUT2D eigenvalue weighted by Gasteiger charge is -2.35. The van der Waals surface area contributed by atoms with Crippen LogP contribution in [0.4, 0.5) is 4.39 Å². The van der Waals surface area contributed by atoms with Crippen LogP contribution in [0.2, 0.25) is 0 Å². The number of rotatable bonds is 20. The van der Waals surface area contributed by atoms with Crippen LogP contribution in [0.3, 0.4) is 0 Å². The molecule has 0 atom stereocenters. The first-order valence-electron chi connectivity index (χ1n) is 18.8. The Balaban J connectivity index is 0.931. The number of aromatic nitrogens is 2. The molecule has 4 amide bonds. The number of carbonyl (C=O) groups is 4. The highest BCUT2D eigenvalue weighted by molar-refractivity contribution is 5.95. The molecule has 2 aromatic carbocycles. The molecule has 0 spiro atoms. The molecular formula is C39H51FN6O8. The summed E-state index contributed by atoms with van der Waals surface area (Å²) in [6.45, 7) is 3.63. The van der Waals surface area contributed by atoms with E-state index in [4.69, 9.17) is 14.2 Å². The molecule has 2 aliphatic rings. The Hall–Kier alpha value is -4.73. The summed E-state index contributed by atoms with van der Waals surface area (Å²) >= 11 is 0. The molecule has 54 heavy (non-hydrogen) atoms. The summed E-state index contributed by atoms with van der Waals surface area (Å²) < 4.78 is 31.5. The number of hydrogen-bond acceptors (Lipinski definition) is 9. The second-order valence-corrected chi connectivity index (χ2v) is 13.7. The van der Waals surface area contributed by atoms with Crippen LogP contribution >= 0.6 is 0 Å². The monoisotopic (exact) mass is 750 g/mol. The third kappa shape index (κ3) is 12.1. The molecule has 3 aromatic rings. The normalized spacial score (nSPS) is 15.0. The number of fused-ring (bicyclic) bond motifs is 1. The highest BCUT2D eigenvalue weighted by Gasteiger charge is 2.27. The number of ether oxygens (including phenoxy) is 3. The van der Waals surface area contributed by atoms with Crippen molar-refractivity contribution < 1.29 is 37.8 Å². The summed E-state index contributed by atoms with van der Waals surface area (Å²) in [5, 5.41) is 10.8.